The number of hydrogen-bond acceptors (Lipinski definition) is 2. The molecule has 0 aromatic heterocycles. The van der Waals surface area contributed by atoms with Crippen LogP contribution in [0.4, 0.5) is 10.1 Å². The molecule has 0 bridgehead atoms. The van der Waals surface area contributed by atoms with Crippen LogP contribution in [0.25, 0.3) is 0 Å². The molecule has 0 spiro atoms. The molecule has 0 saturated carbocycles. The summed E-state index contributed by atoms with van der Waals surface area (Å²) in [6, 6.07) is 11.9. The molecule has 98 valence electrons. The van der Waals surface area contributed by atoms with Crippen molar-refractivity contribution in [1.82, 2.24) is 0 Å². The largest absolute Gasteiger partial charge is 0.321 e. The summed E-state index contributed by atoms with van der Waals surface area (Å²) in [5.41, 5.74) is 1.68. The Morgan fingerprint density at radius 2 is 1.95 bits per heavy atom. The molecule has 0 unspecified atom stereocenters. The number of carbonyl (C=O) groups excluding carboxylic acids is 1. The van der Waals surface area contributed by atoms with E-state index in [9.17, 15) is 9.18 Å². The predicted octanol–water partition coefficient (Wildman–Crippen LogP) is 4.11. The highest BCUT2D eigenvalue weighted by Gasteiger charge is 2.10. The number of amides is 1. The second kappa shape index (κ2) is 5.89. The Hall–Kier alpha value is -1.81. The van der Waals surface area contributed by atoms with Crippen molar-refractivity contribution in [2.24, 2.45) is 0 Å². The van der Waals surface area contributed by atoms with Crippen LogP contribution in [0, 0.1) is 12.7 Å². The molecule has 19 heavy (non-hydrogen) atoms. The minimum atomic E-state index is -0.305. The fraction of sp³-hybridized carbons (Fsp3) is 0.133. The molecule has 1 amide bonds. The van der Waals surface area contributed by atoms with Crippen molar-refractivity contribution >= 4 is 23.4 Å². The van der Waals surface area contributed by atoms with Crippen LogP contribution in [0.3, 0.4) is 0 Å². The average Bonchev–Trinajstić information content (AvgIpc) is 2.42. The quantitative estimate of drug-likeness (QED) is 0.854. The van der Waals surface area contributed by atoms with Crippen molar-refractivity contribution < 1.29 is 9.18 Å². The Morgan fingerprint density at radius 3 is 2.63 bits per heavy atom. The number of hydrogen-bond donors (Lipinski definition) is 1. The monoisotopic (exact) mass is 275 g/mol. The minimum absolute atomic E-state index is 0.232. The van der Waals surface area contributed by atoms with Crippen molar-refractivity contribution in [2.45, 2.75) is 11.8 Å². The molecule has 0 fully saturated rings. The normalized spacial score (nSPS) is 10.3. The average molecular weight is 275 g/mol. The maximum atomic E-state index is 13.2. The van der Waals surface area contributed by atoms with E-state index in [-0.39, 0.29) is 11.7 Å². The molecule has 0 aliphatic rings. The van der Waals surface area contributed by atoms with Crippen molar-refractivity contribution in [3.8, 4) is 0 Å². The Kier molecular flexibility index (Phi) is 4.22. The van der Waals surface area contributed by atoms with Crippen LogP contribution >= 0.6 is 11.8 Å². The number of carbonyl (C=O) groups is 1. The lowest BCUT2D eigenvalue weighted by Crippen LogP contribution is -2.12. The van der Waals surface area contributed by atoms with Crippen LogP contribution in [-0.2, 0) is 0 Å². The van der Waals surface area contributed by atoms with Crippen LogP contribution in [0.5, 0.6) is 0 Å². The van der Waals surface area contributed by atoms with Crippen molar-refractivity contribution in [3.63, 3.8) is 0 Å². The third kappa shape index (κ3) is 3.15. The first-order valence-electron chi connectivity index (χ1n) is 5.82. The first kappa shape index (κ1) is 13.6. The van der Waals surface area contributed by atoms with E-state index in [4.69, 9.17) is 0 Å². The lowest BCUT2D eigenvalue weighted by Gasteiger charge is -2.09. The smallest absolute Gasteiger partial charge is 0.255 e. The number of nitrogens with one attached hydrogen (secondary N) is 1. The fourth-order valence-electron chi connectivity index (χ4n) is 1.73. The summed E-state index contributed by atoms with van der Waals surface area (Å²) in [5, 5.41) is 2.84. The second-order valence-electron chi connectivity index (χ2n) is 4.12. The number of para-hydroxylation sites is 1. The topological polar surface area (TPSA) is 29.1 Å². The van der Waals surface area contributed by atoms with E-state index in [0.29, 0.717) is 11.1 Å². The number of halogens is 1. The highest BCUT2D eigenvalue weighted by molar-refractivity contribution is 7.98. The Morgan fingerprint density at radius 1 is 1.21 bits per heavy atom. The van der Waals surface area contributed by atoms with Crippen LogP contribution in [0.2, 0.25) is 0 Å². The molecule has 2 nitrogen and oxygen atoms in total. The number of aryl methyl sites for hydroxylation is 1. The van der Waals surface area contributed by atoms with Gasteiger partial charge < -0.3 is 5.32 Å². The van der Waals surface area contributed by atoms with E-state index in [1.165, 1.54) is 12.1 Å². The van der Waals surface area contributed by atoms with Gasteiger partial charge in [0.15, 0.2) is 0 Å². The van der Waals surface area contributed by atoms with Crippen LogP contribution < -0.4 is 5.32 Å². The summed E-state index contributed by atoms with van der Waals surface area (Å²) in [5.74, 6) is -0.536. The third-order valence-corrected chi connectivity index (χ3v) is 3.57. The van der Waals surface area contributed by atoms with E-state index in [1.54, 1.807) is 24.8 Å². The van der Waals surface area contributed by atoms with Gasteiger partial charge in [0, 0.05) is 10.5 Å². The predicted molar refractivity (Wildman–Crippen MR) is 77.3 cm³/mol. The van der Waals surface area contributed by atoms with Crippen LogP contribution in [0.1, 0.15) is 15.9 Å². The number of anilines is 1. The zero-order chi connectivity index (χ0) is 13.8. The molecular weight excluding hydrogens is 261 g/mol. The lowest BCUT2D eigenvalue weighted by atomic mass is 10.1. The van der Waals surface area contributed by atoms with Gasteiger partial charge in [0.05, 0.1) is 5.69 Å². The van der Waals surface area contributed by atoms with Gasteiger partial charge in [-0.1, -0.05) is 12.1 Å². The molecule has 2 aromatic rings. The fourth-order valence-corrected chi connectivity index (χ4v) is 2.28. The SMILES string of the molecule is CSc1ccccc1NC(=O)c1ccc(F)c(C)c1. The second-order valence-corrected chi connectivity index (χ2v) is 4.97. The molecule has 0 saturated heterocycles. The van der Waals surface area contributed by atoms with Gasteiger partial charge in [-0.3, -0.25) is 4.79 Å². The summed E-state index contributed by atoms with van der Waals surface area (Å²) in [7, 11) is 0. The van der Waals surface area contributed by atoms with Crippen molar-refractivity contribution in [1.29, 1.82) is 0 Å². The molecule has 2 aromatic carbocycles. The molecule has 0 aliphatic carbocycles. The maximum Gasteiger partial charge on any atom is 0.255 e. The van der Waals surface area contributed by atoms with E-state index >= 15 is 0 Å². The van der Waals surface area contributed by atoms with Gasteiger partial charge in [0.25, 0.3) is 5.91 Å². The first-order valence-corrected chi connectivity index (χ1v) is 7.05. The summed E-state index contributed by atoms with van der Waals surface area (Å²) in [6.07, 6.45) is 1.95. The van der Waals surface area contributed by atoms with Gasteiger partial charge in [0.1, 0.15) is 5.82 Å². The molecule has 4 heteroatoms. The molecule has 0 heterocycles. The molecule has 2 rings (SSSR count). The van der Waals surface area contributed by atoms with Gasteiger partial charge in [-0.15, -0.1) is 11.8 Å². The third-order valence-electron chi connectivity index (χ3n) is 2.78. The molecule has 0 radical (unpaired) electrons. The number of thioether (sulfide) groups is 1. The molecular formula is C15H14FNOS. The highest BCUT2D eigenvalue weighted by atomic mass is 32.2. The zero-order valence-corrected chi connectivity index (χ0v) is 11.6. The van der Waals surface area contributed by atoms with E-state index < -0.39 is 0 Å². The molecule has 0 aliphatic heterocycles. The summed E-state index contributed by atoms with van der Waals surface area (Å²) in [4.78, 5) is 13.1. The first-order chi connectivity index (χ1) is 9.11. The van der Waals surface area contributed by atoms with Crippen LogP contribution in [-0.4, -0.2) is 12.2 Å². The van der Waals surface area contributed by atoms with Gasteiger partial charge in [-0.05, 0) is 49.1 Å². The van der Waals surface area contributed by atoms with Gasteiger partial charge >= 0.3 is 0 Å². The summed E-state index contributed by atoms with van der Waals surface area (Å²) >= 11 is 1.56. The van der Waals surface area contributed by atoms with Crippen molar-refractivity contribution in [2.75, 3.05) is 11.6 Å². The molecule has 0 atom stereocenters. The van der Waals surface area contributed by atoms with Crippen molar-refractivity contribution in [3.05, 3.63) is 59.4 Å². The zero-order valence-electron chi connectivity index (χ0n) is 10.7. The Labute approximate surface area is 116 Å². The van der Waals surface area contributed by atoms with E-state index in [1.807, 2.05) is 30.5 Å². The maximum absolute atomic E-state index is 13.2. The van der Waals surface area contributed by atoms with Crippen LogP contribution in [0.15, 0.2) is 47.4 Å². The standard InChI is InChI=1S/C15H14FNOS/c1-10-9-11(7-8-12(10)16)15(18)17-13-5-3-4-6-14(13)19-2/h3-9H,1-2H3,(H,17,18). The van der Waals surface area contributed by atoms with Gasteiger partial charge in [-0.2, -0.15) is 0 Å². The molecule has 1 N–H and O–H groups in total. The summed E-state index contributed by atoms with van der Waals surface area (Å²) < 4.78 is 13.2. The van der Waals surface area contributed by atoms with Gasteiger partial charge in [-0.25, -0.2) is 4.39 Å². The number of rotatable bonds is 3. The highest BCUT2D eigenvalue weighted by Crippen LogP contribution is 2.25. The van der Waals surface area contributed by atoms with Gasteiger partial charge in [0.2, 0.25) is 0 Å². The van der Waals surface area contributed by atoms with E-state index in [2.05, 4.69) is 5.32 Å². The summed E-state index contributed by atoms with van der Waals surface area (Å²) in [6.45, 7) is 1.64. The minimum Gasteiger partial charge on any atom is -0.321 e. The van der Waals surface area contributed by atoms with E-state index in [0.717, 1.165) is 10.6 Å². The number of benzene rings is 2. The lowest BCUT2D eigenvalue weighted by molar-refractivity contribution is 0.102. The Bertz CT molecular complexity index is 613. The Balaban J connectivity index is 2.23.